The van der Waals surface area contributed by atoms with Crippen LogP contribution in [0.2, 0.25) is 0 Å². The summed E-state index contributed by atoms with van der Waals surface area (Å²) in [6.07, 6.45) is 3.31. The molecule has 1 aromatic carbocycles. The molecule has 112 valence electrons. The average Bonchev–Trinajstić information content (AvgIpc) is 2.85. The summed E-state index contributed by atoms with van der Waals surface area (Å²) < 4.78 is 10.2. The number of carbonyl (C=O) groups excluding carboxylic acids is 2. The van der Waals surface area contributed by atoms with E-state index >= 15 is 0 Å². The van der Waals surface area contributed by atoms with Crippen LogP contribution in [-0.4, -0.2) is 25.5 Å². The van der Waals surface area contributed by atoms with Crippen LogP contribution < -0.4 is 0 Å². The standard InChI is InChI=1S/C17H20O4/c1-20-17(19)11-14-7-8-16(18)15(14)9-10-21-12-13-5-3-2-4-6-13/h2-6,9,14H,7-8,10-12H2,1H3. The van der Waals surface area contributed by atoms with Crippen LogP contribution in [0.3, 0.4) is 0 Å². The highest BCUT2D eigenvalue weighted by atomic mass is 16.5. The predicted molar refractivity (Wildman–Crippen MR) is 78.5 cm³/mol. The molecule has 0 saturated heterocycles. The smallest absolute Gasteiger partial charge is 0.306 e. The SMILES string of the molecule is COC(=O)CC1CCC(=O)C1=CCOCc1ccccc1. The van der Waals surface area contributed by atoms with Crippen molar-refractivity contribution in [1.29, 1.82) is 0 Å². The van der Waals surface area contributed by atoms with Crippen molar-refractivity contribution in [3.63, 3.8) is 0 Å². The van der Waals surface area contributed by atoms with Crippen molar-refractivity contribution in [2.24, 2.45) is 5.92 Å². The van der Waals surface area contributed by atoms with E-state index in [2.05, 4.69) is 4.74 Å². The molecule has 0 radical (unpaired) electrons. The Kier molecular flexibility index (Phi) is 5.69. The van der Waals surface area contributed by atoms with Crippen LogP contribution in [0, 0.1) is 5.92 Å². The molecule has 4 heteroatoms. The number of allylic oxidation sites excluding steroid dienone is 1. The van der Waals surface area contributed by atoms with Crippen LogP contribution in [0.15, 0.2) is 42.0 Å². The van der Waals surface area contributed by atoms with Crippen LogP contribution in [0.5, 0.6) is 0 Å². The first-order valence-electron chi connectivity index (χ1n) is 7.12. The largest absolute Gasteiger partial charge is 0.469 e. The molecule has 1 atom stereocenters. The number of Topliss-reactive ketones (excluding diaryl/α,β-unsaturated/α-hetero) is 1. The lowest BCUT2D eigenvalue weighted by Crippen LogP contribution is -2.11. The normalized spacial score (nSPS) is 20.0. The van der Waals surface area contributed by atoms with E-state index in [1.807, 2.05) is 36.4 Å². The summed E-state index contributed by atoms with van der Waals surface area (Å²) in [4.78, 5) is 23.2. The third kappa shape index (κ3) is 4.53. The van der Waals surface area contributed by atoms with Gasteiger partial charge in [0.05, 0.1) is 26.7 Å². The van der Waals surface area contributed by atoms with Gasteiger partial charge in [-0.05, 0) is 23.5 Å². The average molecular weight is 288 g/mol. The van der Waals surface area contributed by atoms with Gasteiger partial charge in [-0.25, -0.2) is 0 Å². The third-order valence-electron chi connectivity index (χ3n) is 3.66. The summed E-state index contributed by atoms with van der Waals surface area (Å²) in [6, 6.07) is 9.87. The van der Waals surface area contributed by atoms with E-state index in [9.17, 15) is 9.59 Å². The fraction of sp³-hybridized carbons (Fsp3) is 0.412. The van der Waals surface area contributed by atoms with E-state index in [0.29, 0.717) is 25.2 Å². The van der Waals surface area contributed by atoms with E-state index < -0.39 is 0 Å². The van der Waals surface area contributed by atoms with Crippen LogP contribution in [0.25, 0.3) is 0 Å². The molecule has 1 saturated carbocycles. The zero-order valence-electron chi connectivity index (χ0n) is 12.2. The highest BCUT2D eigenvalue weighted by Crippen LogP contribution is 2.31. The summed E-state index contributed by atoms with van der Waals surface area (Å²) in [5.74, 6) is -0.178. The molecule has 0 spiro atoms. The molecule has 1 aromatic rings. The first-order valence-corrected chi connectivity index (χ1v) is 7.12. The van der Waals surface area contributed by atoms with Crippen LogP contribution >= 0.6 is 0 Å². The Morgan fingerprint density at radius 2 is 2.10 bits per heavy atom. The molecule has 2 rings (SSSR count). The Morgan fingerprint density at radius 3 is 2.81 bits per heavy atom. The number of ketones is 1. The van der Waals surface area contributed by atoms with Crippen molar-refractivity contribution in [2.75, 3.05) is 13.7 Å². The zero-order valence-corrected chi connectivity index (χ0v) is 12.2. The van der Waals surface area contributed by atoms with Crippen LogP contribution in [0.4, 0.5) is 0 Å². The van der Waals surface area contributed by atoms with Crippen molar-refractivity contribution in [3.05, 3.63) is 47.5 Å². The topological polar surface area (TPSA) is 52.6 Å². The number of hydrogen-bond donors (Lipinski definition) is 0. The summed E-state index contributed by atoms with van der Waals surface area (Å²) in [7, 11) is 1.37. The van der Waals surface area contributed by atoms with Crippen molar-refractivity contribution in [1.82, 2.24) is 0 Å². The molecular weight excluding hydrogens is 268 g/mol. The minimum Gasteiger partial charge on any atom is -0.469 e. The molecule has 1 fully saturated rings. The van der Waals surface area contributed by atoms with Gasteiger partial charge in [0, 0.05) is 6.42 Å². The van der Waals surface area contributed by atoms with E-state index in [-0.39, 0.29) is 24.1 Å². The van der Waals surface area contributed by atoms with E-state index in [1.54, 1.807) is 0 Å². The summed E-state index contributed by atoms with van der Waals surface area (Å²) >= 11 is 0. The van der Waals surface area contributed by atoms with Gasteiger partial charge in [0.2, 0.25) is 0 Å². The molecular formula is C17H20O4. The Hall–Kier alpha value is -1.94. The maximum absolute atomic E-state index is 11.8. The van der Waals surface area contributed by atoms with Gasteiger partial charge < -0.3 is 9.47 Å². The molecule has 21 heavy (non-hydrogen) atoms. The summed E-state index contributed by atoms with van der Waals surface area (Å²) in [6.45, 7) is 0.897. The van der Waals surface area contributed by atoms with Crippen molar-refractivity contribution in [3.8, 4) is 0 Å². The third-order valence-corrected chi connectivity index (χ3v) is 3.66. The second-order valence-corrected chi connectivity index (χ2v) is 5.10. The maximum atomic E-state index is 11.8. The van der Waals surface area contributed by atoms with Gasteiger partial charge in [0.25, 0.3) is 0 Å². The number of hydrogen-bond acceptors (Lipinski definition) is 4. The van der Waals surface area contributed by atoms with Crippen molar-refractivity contribution in [2.45, 2.75) is 25.9 Å². The Morgan fingerprint density at radius 1 is 1.33 bits per heavy atom. The monoisotopic (exact) mass is 288 g/mol. The molecule has 1 aliphatic rings. The zero-order chi connectivity index (χ0) is 15.1. The number of esters is 1. The van der Waals surface area contributed by atoms with Gasteiger partial charge in [0.1, 0.15) is 0 Å². The lowest BCUT2D eigenvalue weighted by Gasteiger charge is -2.09. The molecule has 0 amide bonds. The molecule has 0 N–H and O–H groups in total. The number of benzene rings is 1. The van der Waals surface area contributed by atoms with E-state index in [0.717, 1.165) is 12.0 Å². The quantitative estimate of drug-likeness (QED) is 0.459. The molecule has 0 aliphatic heterocycles. The number of carbonyl (C=O) groups is 2. The molecule has 4 nitrogen and oxygen atoms in total. The summed E-state index contributed by atoms with van der Waals surface area (Å²) in [5, 5.41) is 0. The maximum Gasteiger partial charge on any atom is 0.306 e. The van der Waals surface area contributed by atoms with Crippen LogP contribution in [-0.2, 0) is 25.7 Å². The number of methoxy groups -OCH3 is 1. The predicted octanol–water partition coefficient (Wildman–Crippen LogP) is 2.67. The van der Waals surface area contributed by atoms with E-state index in [4.69, 9.17) is 4.74 Å². The number of rotatable bonds is 6. The van der Waals surface area contributed by atoms with E-state index in [1.165, 1.54) is 7.11 Å². The Labute approximate surface area is 124 Å². The molecule has 1 aliphatic carbocycles. The number of ether oxygens (including phenoxy) is 2. The van der Waals surface area contributed by atoms with Gasteiger partial charge in [-0.2, -0.15) is 0 Å². The molecule has 0 heterocycles. The lowest BCUT2D eigenvalue weighted by molar-refractivity contribution is -0.141. The minimum absolute atomic E-state index is 0.0229. The fourth-order valence-corrected chi connectivity index (χ4v) is 2.51. The molecule has 0 aromatic heterocycles. The van der Waals surface area contributed by atoms with Gasteiger partial charge in [0.15, 0.2) is 5.78 Å². The highest BCUT2D eigenvalue weighted by molar-refractivity contribution is 5.98. The lowest BCUT2D eigenvalue weighted by atomic mass is 9.98. The first-order chi connectivity index (χ1) is 10.2. The van der Waals surface area contributed by atoms with Gasteiger partial charge in [-0.15, -0.1) is 0 Å². The van der Waals surface area contributed by atoms with Crippen LogP contribution in [0.1, 0.15) is 24.8 Å². The highest BCUT2D eigenvalue weighted by Gasteiger charge is 2.30. The fourth-order valence-electron chi connectivity index (χ4n) is 2.51. The van der Waals surface area contributed by atoms with Crippen molar-refractivity contribution < 1.29 is 19.1 Å². The second kappa shape index (κ2) is 7.74. The van der Waals surface area contributed by atoms with Gasteiger partial charge in [-0.3, -0.25) is 9.59 Å². The van der Waals surface area contributed by atoms with Crippen molar-refractivity contribution >= 4 is 11.8 Å². The molecule has 0 bridgehead atoms. The van der Waals surface area contributed by atoms with Gasteiger partial charge >= 0.3 is 5.97 Å². The Bertz CT molecular complexity index is 519. The first kappa shape index (κ1) is 15.4. The summed E-state index contributed by atoms with van der Waals surface area (Å²) in [5.41, 5.74) is 1.81. The Balaban J connectivity index is 1.86. The second-order valence-electron chi connectivity index (χ2n) is 5.10. The minimum atomic E-state index is -0.272. The van der Waals surface area contributed by atoms with Gasteiger partial charge in [-0.1, -0.05) is 36.4 Å². The molecule has 1 unspecified atom stereocenters.